The summed E-state index contributed by atoms with van der Waals surface area (Å²) in [6.45, 7) is 5.45. The third kappa shape index (κ3) is 1.98. The first-order valence-corrected chi connectivity index (χ1v) is 6.15. The maximum atomic E-state index is 3.63. The molecule has 1 aromatic carbocycles. The molecule has 0 saturated heterocycles. The van der Waals surface area contributed by atoms with Crippen LogP contribution in [0.15, 0.2) is 16.6 Å². The molecular weight excluding hydrogens is 252 g/mol. The van der Waals surface area contributed by atoms with Gasteiger partial charge in [0.05, 0.1) is 11.4 Å². The van der Waals surface area contributed by atoms with Crippen molar-refractivity contribution >= 4 is 27.3 Å². The molecule has 2 rings (SSSR count). The molecule has 3 heteroatoms. The summed E-state index contributed by atoms with van der Waals surface area (Å²) < 4.78 is 1.17. The fourth-order valence-corrected chi connectivity index (χ4v) is 2.72. The first-order chi connectivity index (χ1) is 7.09. The van der Waals surface area contributed by atoms with Crippen molar-refractivity contribution < 1.29 is 0 Å². The number of rotatable bonds is 0. The van der Waals surface area contributed by atoms with Crippen molar-refractivity contribution in [3.8, 4) is 0 Å². The normalized spacial score (nSPS) is 20.5. The molecule has 0 fully saturated rings. The van der Waals surface area contributed by atoms with Gasteiger partial charge in [0.15, 0.2) is 0 Å². The second-order valence-electron chi connectivity index (χ2n) is 4.32. The Kier molecular flexibility index (Phi) is 2.91. The number of anilines is 2. The zero-order valence-corrected chi connectivity index (χ0v) is 11.1. The number of hydrogen-bond donors (Lipinski definition) is 1. The zero-order valence-electron chi connectivity index (χ0n) is 9.47. The van der Waals surface area contributed by atoms with Crippen LogP contribution in [-0.4, -0.2) is 19.6 Å². The van der Waals surface area contributed by atoms with Gasteiger partial charge in [-0.2, -0.15) is 0 Å². The quantitative estimate of drug-likeness (QED) is 0.776. The Morgan fingerprint density at radius 1 is 1.47 bits per heavy atom. The number of halogens is 1. The van der Waals surface area contributed by atoms with E-state index in [4.69, 9.17) is 0 Å². The lowest BCUT2D eigenvalue weighted by atomic mass is 10.1. The monoisotopic (exact) mass is 268 g/mol. The molecule has 0 bridgehead atoms. The van der Waals surface area contributed by atoms with Gasteiger partial charge in [-0.05, 0) is 53.9 Å². The second kappa shape index (κ2) is 4.05. The van der Waals surface area contributed by atoms with E-state index in [0.717, 1.165) is 6.54 Å². The third-order valence-electron chi connectivity index (χ3n) is 3.12. The van der Waals surface area contributed by atoms with E-state index < -0.39 is 0 Å². The second-order valence-corrected chi connectivity index (χ2v) is 5.17. The topological polar surface area (TPSA) is 15.3 Å². The van der Waals surface area contributed by atoms with Gasteiger partial charge < -0.3 is 10.2 Å². The van der Waals surface area contributed by atoms with E-state index in [2.05, 4.69) is 59.2 Å². The summed E-state index contributed by atoms with van der Waals surface area (Å²) in [5, 5.41) is 3.49. The lowest BCUT2D eigenvalue weighted by Gasteiger charge is -2.26. The third-order valence-corrected chi connectivity index (χ3v) is 3.74. The van der Waals surface area contributed by atoms with Gasteiger partial charge >= 0.3 is 0 Å². The molecule has 1 N–H and O–H groups in total. The van der Waals surface area contributed by atoms with E-state index in [1.165, 1.54) is 27.8 Å². The van der Waals surface area contributed by atoms with Gasteiger partial charge in [-0.25, -0.2) is 0 Å². The summed E-state index contributed by atoms with van der Waals surface area (Å²) >= 11 is 3.63. The highest BCUT2D eigenvalue weighted by molar-refractivity contribution is 9.10. The molecule has 0 aliphatic carbocycles. The van der Waals surface area contributed by atoms with Crippen molar-refractivity contribution in [2.75, 3.05) is 23.8 Å². The molecule has 0 radical (unpaired) electrons. The summed E-state index contributed by atoms with van der Waals surface area (Å²) in [4.78, 5) is 2.35. The van der Waals surface area contributed by atoms with Crippen LogP contribution in [0.3, 0.4) is 0 Å². The SMILES string of the molecule is Cc1cc(Br)c2c(c1)N(C)C(C)CCN2. The molecule has 0 aromatic heterocycles. The first-order valence-electron chi connectivity index (χ1n) is 5.36. The van der Waals surface area contributed by atoms with Gasteiger partial charge in [0.2, 0.25) is 0 Å². The minimum absolute atomic E-state index is 0.590. The summed E-state index contributed by atoms with van der Waals surface area (Å²) in [6, 6.07) is 5.00. The van der Waals surface area contributed by atoms with Crippen molar-refractivity contribution in [3.63, 3.8) is 0 Å². The van der Waals surface area contributed by atoms with Gasteiger partial charge in [-0.15, -0.1) is 0 Å². The Hall–Kier alpha value is -0.700. The number of hydrogen-bond acceptors (Lipinski definition) is 2. The molecule has 1 aromatic rings. The number of aryl methyl sites for hydroxylation is 1. The minimum Gasteiger partial charge on any atom is -0.382 e. The van der Waals surface area contributed by atoms with Crippen molar-refractivity contribution in [2.45, 2.75) is 26.3 Å². The number of benzene rings is 1. The maximum Gasteiger partial charge on any atom is 0.0722 e. The summed E-state index contributed by atoms with van der Waals surface area (Å²) in [7, 11) is 2.17. The fourth-order valence-electron chi connectivity index (χ4n) is 2.01. The van der Waals surface area contributed by atoms with Crippen molar-refractivity contribution in [1.29, 1.82) is 0 Å². The summed E-state index contributed by atoms with van der Waals surface area (Å²) in [6.07, 6.45) is 1.18. The predicted molar refractivity (Wildman–Crippen MR) is 69.9 cm³/mol. The Labute approximate surface area is 99.8 Å². The van der Waals surface area contributed by atoms with E-state index in [0.29, 0.717) is 6.04 Å². The van der Waals surface area contributed by atoms with Crippen LogP contribution >= 0.6 is 15.9 Å². The van der Waals surface area contributed by atoms with Crippen LogP contribution in [0.2, 0.25) is 0 Å². The molecule has 15 heavy (non-hydrogen) atoms. The standard InChI is InChI=1S/C12H17BrN2/c1-8-6-10(13)12-11(7-8)15(3)9(2)4-5-14-12/h6-7,9,14H,4-5H2,1-3H3. The lowest BCUT2D eigenvalue weighted by Crippen LogP contribution is -2.28. The largest absolute Gasteiger partial charge is 0.382 e. The highest BCUT2D eigenvalue weighted by atomic mass is 79.9. The highest BCUT2D eigenvalue weighted by Crippen LogP contribution is 2.37. The predicted octanol–water partition coefficient (Wildman–Crippen LogP) is 3.40. The molecule has 1 aliphatic rings. The van der Waals surface area contributed by atoms with Crippen LogP contribution in [0, 0.1) is 6.92 Å². The van der Waals surface area contributed by atoms with Crippen LogP contribution in [0.5, 0.6) is 0 Å². The Morgan fingerprint density at radius 2 is 2.20 bits per heavy atom. The smallest absolute Gasteiger partial charge is 0.0722 e. The molecule has 1 heterocycles. The van der Waals surface area contributed by atoms with E-state index in [-0.39, 0.29) is 0 Å². The van der Waals surface area contributed by atoms with Crippen molar-refractivity contribution in [2.24, 2.45) is 0 Å². The molecule has 2 nitrogen and oxygen atoms in total. The van der Waals surface area contributed by atoms with Crippen LogP contribution < -0.4 is 10.2 Å². The fraction of sp³-hybridized carbons (Fsp3) is 0.500. The number of nitrogens with zero attached hydrogens (tertiary/aromatic N) is 1. The first kappa shape index (κ1) is 10.8. The van der Waals surface area contributed by atoms with Crippen LogP contribution in [0.4, 0.5) is 11.4 Å². The van der Waals surface area contributed by atoms with E-state index in [9.17, 15) is 0 Å². The number of fused-ring (bicyclic) bond motifs is 1. The maximum absolute atomic E-state index is 3.63. The molecule has 0 spiro atoms. The average molecular weight is 269 g/mol. The van der Waals surface area contributed by atoms with E-state index >= 15 is 0 Å². The summed E-state index contributed by atoms with van der Waals surface area (Å²) in [5.74, 6) is 0. The van der Waals surface area contributed by atoms with Crippen molar-refractivity contribution in [1.82, 2.24) is 0 Å². The molecule has 82 valence electrons. The lowest BCUT2D eigenvalue weighted by molar-refractivity contribution is 0.657. The Bertz CT molecular complexity index is 376. The van der Waals surface area contributed by atoms with Crippen LogP contribution in [0.1, 0.15) is 18.9 Å². The molecular formula is C12H17BrN2. The van der Waals surface area contributed by atoms with E-state index in [1.54, 1.807) is 0 Å². The molecule has 0 amide bonds. The van der Waals surface area contributed by atoms with E-state index in [1.807, 2.05) is 0 Å². The van der Waals surface area contributed by atoms with Gasteiger partial charge in [0, 0.05) is 24.1 Å². The molecule has 1 unspecified atom stereocenters. The molecule has 0 saturated carbocycles. The Morgan fingerprint density at radius 3 is 2.93 bits per heavy atom. The van der Waals surface area contributed by atoms with Gasteiger partial charge in [-0.3, -0.25) is 0 Å². The summed E-state index contributed by atoms with van der Waals surface area (Å²) in [5.41, 5.74) is 3.82. The van der Waals surface area contributed by atoms with Gasteiger partial charge in [0.25, 0.3) is 0 Å². The van der Waals surface area contributed by atoms with Crippen LogP contribution in [-0.2, 0) is 0 Å². The average Bonchev–Trinajstić information content (AvgIpc) is 2.30. The van der Waals surface area contributed by atoms with Crippen LogP contribution in [0.25, 0.3) is 0 Å². The molecule has 1 atom stereocenters. The van der Waals surface area contributed by atoms with Crippen molar-refractivity contribution in [3.05, 3.63) is 22.2 Å². The number of nitrogens with one attached hydrogen (secondary N) is 1. The van der Waals surface area contributed by atoms with Gasteiger partial charge in [-0.1, -0.05) is 0 Å². The molecule has 1 aliphatic heterocycles. The Balaban J connectivity index is 2.53. The highest BCUT2D eigenvalue weighted by Gasteiger charge is 2.19. The minimum atomic E-state index is 0.590. The zero-order chi connectivity index (χ0) is 11.0. The van der Waals surface area contributed by atoms with Gasteiger partial charge in [0.1, 0.15) is 0 Å².